The van der Waals surface area contributed by atoms with Gasteiger partial charge < -0.3 is 28.7 Å². The molecule has 0 aliphatic carbocycles. The van der Waals surface area contributed by atoms with Crippen LogP contribution in [0.5, 0.6) is 23.0 Å². The third-order valence-corrected chi connectivity index (χ3v) is 21.3. The molecule has 4 aliphatic heterocycles. The zero-order chi connectivity index (χ0) is 70.3. The Morgan fingerprint density at radius 1 is 0.353 bits per heavy atom. The van der Waals surface area contributed by atoms with Crippen molar-refractivity contribution >= 4 is 69.3 Å². The second kappa shape index (κ2) is 25.2. The van der Waals surface area contributed by atoms with Gasteiger partial charge in [-0.3, -0.25) is 19.4 Å². The number of hydrogen-bond acceptors (Lipinski definition) is 10. The lowest BCUT2D eigenvalue weighted by Gasteiger charge is -2.38. The van der Waals surface area contributed by atoms with E-state index in [0.29, 0.717) is 121 Å². The van der Waals surface area contributed by atoms with Crippen LogP contribution in [0.15, 0.2) is 267 Å². The highest BCUT2D eigenvalue weighted by Crippen LogP contribution is 2.61. The van der Waals surface area contributed by atoms with E-state index in [1.54, 1.807) is 21.9 Å². The van der Waals surface area contributed by atoms with Gasteiger partial charge in [0, 0.05) is 109 Å². The van der Waals surface area contributed by atoms with E-state index in [0.717, 1.165) is 56.1 Å². The maximum absolute atomic E-state index is 15.5. The molecule has 2 unspecified atom stereocenters. The molecule has 2 amide bonds. The Bertz CT molecular complexity index is 5050. The lowest BCUT2D eigenvalue weighted by Crippen LogP contribution is -2.34. The monoisotopic (exact) mass is 1340 g/mol. The van der Waals surface area contributed by atoms with Crippen molar-refractivity contribution in [2.24, 2.45) is 0 Å². The van der Waals surface area contributed by atoms with E-state index in [9.17, 15) is 9.59 Å². The standard InChI is InChI=1S/C90H74N4O8/c1-9-88(8,62-38-42-64(43-39-62)93(84(95)60-28-14-12-15-29-60)78-54-74-80(50-58(78)6)99-82-52-66(91(10-2)76-36-24-18-26-56(76)4)46-48-72(82)89(74)70-34-22-20-32-68(70)86(97)101-89)63-40-44-65(45-41-63)94(85(96)61-30-16-13-17-31-61)79-55-75-81(51-59(79)7)100-83-53-67(92(11-3)77-37-25-19-27-57(77)5)47-49-73(83)90(75)71-35-23-21-33-69(71)87(98)102-90/h12-55H,9-11H2,1-8H3. The normalized spacial score (nSPS) is 16.2. The Labute approximate surface area is 594 Å². The molecule has 12 nitrogen and oxygen atoms in total. The lowest BCUT2D eigenvalue weighted by molar-refractivity contribution is 0.0214. The van der Waals surface area contributed by atoms with Crippen molar-refractivity contribution in [2.45, 2.75) is 78.4 Å². The van der Waals surface area contributed by atoms with Crippen molar-refractivity contribution in [3.05, 3.63) is 356 Å². The van der Waals surface area contributed by atoms with Crippen molar-refractivity contribution in [3.8, 4) is 23.0 Å². The van der Waals surface area contributed by atoms with Crippen molar-refractivity contribution < 1.29 is 38.1 Å². The summed E-state index contributed by atoms with van der Waals surface area (Å²) in [6.45, 7) is 18.2. The minimum atomic E-state index is -1.43. The molecule has 2 spiro atoms. The molecule has 4 aliphatic rings. The number of nitrogens with zero attached hydrogens (tertiary/aromatic N) is 4. The van der Waals surface area contributed by atoms with Crippen molar-refractivity contribution in [2.75, 3.05) is 32.7 Å². The highest BCUT2D eigenvalue weighted by molar-refractivity contribution is 6.13. The largest absolute Gasteiger partial charge is 0.456 e. The first kappa shape index (κ1) is 64.4. The number of benzene rings is 12. The lowest BCUT2D eigenvalue weighted by atomic mass is 9.74. The number of rotatable bonds is 15. The number of para-hydroxylation sites is 2. The molecule has 0 N–H and O–H groups in total. The number of hydrogen-bond donors (Lipinski definition) is 0. The van der Waals surface area contributed by atoms with Crippen LogP contribution < -0.4 is 29.1 Å². The maximum Gasteiger partial charge on any atom is 0.340 e. The fraction of sp³-hybridized carbons (Fsp3) is 0.156. The summed E-state index contributed by atoms with van der Waals surface area (Å²) in [6, 6.07) is 86.5. The molecule has 16 rings (SSSR count). The van der Waals surface area contributed by atoms with E-state index in [1.807, 2.05) is 208 Å². The summed E-state index contributed by atoms with van der Waals surface area (Å²) in [5.41, 5.74) is 14.5. The Kier molecular flexibility index (Phi) is 15.9. The molecule has 0 fully saturated rings. The maximum atomic E-state index is 15.5. The van der Waals surface area contributed by atoms with Gasteiger partial charge in [-0.25, -0.2) is 9.59 Å². The summed E-state index contributed by atoms with van der Waals surface area (Å²) >= 11 is 0. The number of aryl methyl sites for hydroxylation is 4. The molecular weight excluding hydrogens is 1270 g/mol. The zero-order valence-electron chi connectivity index (χ0n) is 58.1. The number of amides is 2. The van der Waals surface area contributed by atoms with Crippen LogP contribution in [0, 0.1) is 27.7 Å². The molecule has 0 bridgehead atoms. The van der Waals surface area contributed by atoms with Crippen LogP contribution in [0.3, 0.4) is 0 Å². The minimum Gasteiger partial charge on any atom is -0.456 e. The number of carbonyl (C=O) groups is 4. The van der Waals surface area contributed by atoms with Gasteiger partial charge in [0.1, 0.15) is 23.0 Å². The summed E-state index contributed by atoms with van der Waals surface area (Å²) in [6.07, 6.45) is 0.695. The van der Waals surface area contributed by atoms with Gasteiger partial charge in [0.05, 0.1) is 22.5 Å². The molecule has 0 saturated heterocycles. The Hall–Kier alpha value is -12.3. The quantitative estimate of drug-likeness (QED) is 0.0918. The summed E-state index contributed by atoms with van der Waals surface area (Å²) < 4.78 is 27.5. The van der Waals surface area contributed by atoms with E-state index < -0.39 is 28.6 Å². The van der Waals surface area contributed by atoms with Gasteiger partial charge in [-0.05, 0) is 203 Å². The van der Waals surface area contributed by atoms with E-state index in [1.165, 1.54) is 0 Å². The average Bonchev–Trinajstić information content (AvgIpc) is 1.47. The minimum absolute atomic E-state index is 0.257. The molecule has 12 heteroatoms. The number of esters is 2. The first-order valence-electron chi connectivity index (χ1n) is 34.9. The Morgan fingerprint density at radius 3 is 1.09 bits per heavy atom. The van der Waals surface area contributed by atoms with E-state index >= 15 is 9.59 Å². The van der Waals surface area contributed by atoms with E-state index in [4.69, 9.17) is 18.9 Å². The highest BCUT2D eigenvalue weighted by Gasteiger charge is 2.56. The average molecular weight is 1340 g/mol. The molecule has 4 heterocycles. The molecule has 2 atom stereocenters. The topological polar surface area (TPSA) is 118 Å². The third-order valence-electron chi connectivity index (χ3n) is 21.3. The van der Waals surface area contributed by atoms with Crippen LogP contribution in [-0.2, 0) is 26.1 Å². The molecule has 102 heavy (non-hydrogen) atoms. The first-order valence-corrected chi connectivity index (χ1v) is 34.9. The first-order chi connectivity index (χ1) is 49.6. The molecule has 0 aromatic heterocycles. The number of anilines is 8. The van der Waals surface area contributed by atoms with Gasteiger partial charge in [0.15, 0.2) is 11.2 Å². The number of carbonyl (C=O) groups excluding carboxylic acids is 4. The molecule has 0 saturated carbocycles. The summed E-state index contributed by atoms with van der Waals surface area (Å²) in [5, 5.41) is 0. The predicted molar refractivity (Wildman–Crippen MR) is 402 cm³/mol. The molecular formula is C90H74N4O8. The second-order valence-electron chi connectivity index (χ2n) is 26.9. The SMILES string of the molecule is CCN(c1ccc2c(c1)Oc1cc(C)c(N(C(=O)c3ccccc3)c3ccc(C(C)(CC)c4ccc(N(C(=O)c5ccccc5)c5cc6c(cc5C)Oc5cc(N(CC)c7ccccc7C)ccc5C65OC(=O)c6ccccc65)cc4)cc3)cc1C21OC(=O)c2ccccc21)c1ccccc1C. The van der Waals surface area contributed by atoms with Gasteiger partial charge >= 0.3 is 11.9 Å². The molecule has 12 aromatic rings. The smallest absolute Gasteiger partial charge is 0.340 e. The van der Waals surface area contributed by atoms with Crippen LogP contribution in [0.2, 0.25) is 0 Å². The van der Waals surface area contributed by atoms with Crippen LogP contribution in [0.25, 0.3) is 0 Å². The van der Waals surface area contributed by atoms with Crippen LogP contribution >= 0.6 is 0 Å². The Morgan fingerprint density at radius 2 is 0.706 bits per heavy atom. The predicted octanol–water partition coefficient (Wildman–Crippen LogP) is 21.0. The van der Waals surface area contributed by atoms with Gasteiger partial charge in [-0.1, -0.05) is 147 Å². The summed E-state index contributed by atoms with van der Waals surface area (Å²) in [7, 11) is 0. The zero-order valence-corrected chi connectivity index (χ0v) is 58.1. The highest BCUT2D eigenvalue weighted by atomic mass is 16.6. The molecule has 12 aromatic carbocycles. The number of fused-ring (bicyclic) bond motifs is 12. The van der Waals surface area contributed by atoms with Gasteiger partial charge in [0.2, 0.25) is 0 Å². The van der Waals surface area contributed by atoms with E-state index in [2.05, 4.69) is 112 Å². The van der Waals surface area contributed by atoms with Crippen LogP contribution in [0.1, 0.15) is 142 Å². The van der Waals surface area contributed by atoms with Crippen LogP contribution in [-0.4, -0.2) is 36.8 Å². The summed E-state index contributed by atoms with van der Waals surface area (Å²) in [5.74, 6) is 0.702. The third kappa shape index (κ3) is 10.2. The Balaban J connectivity index is 0.769. The summed E-state index contributed by atoms with van der Waals surface area (Å²) in [4.78, 5) is 67.5. The molecule has 0 radical (unpaired) electrons. The van der Waals surface area contributed by atoms with Crippen molar-refractivity contribution in [3.63, 3.8) is 0 Å². The van der Waals surface area contributed by atoms with Gasteiger partial charge in [-0.2, -0.15) is 0 Å². The number of ether oxygens (including phenoxy) is 4. The molecule has 502 valence electrons. The van der Waals surface area contributed by atoms with Crippen molar-refractivity contribution in [1.29, 1.82) is 0 Å². The van der Waals surface area contributed by atoms with Crippen LogP contribution in [0.4, 0.5) is 45.5 Å². The van der Waals surface area contributed by atoms with Gasteiger partial charge in [-0.15, -0.1) is 0 Å². The van der Waals surface area contributed by atoms with Gasteiger partial charge in [0.25, 0.3) is 11.8 Å². The second-order valence-corrected chi connectivity index (χ2v) is 26.9. The fourth-order valence-electron chi connectivity index (χ4n) is 15.8. The van der Waals surface area contributed by atoms with E-state index in [-0.39, 0.29) is 11.8 Å². The fourth-order valence-corrected chi connectivity index (χ4v) is 15.8. The van der Waals surface area contributed by atoms with Crippen molar-refractivity contribution in [1.82, 2.24) is 0 Å².